The summed E-state index contributed by atoms with van der Waals surface area (Å²) in [4.78, 5) is 0. The average molecular weight is 287 g/mol. The Morgan fingerprint density at radius 1 is 1.11 bits per heavy atom. The van der Waals surface area contributed by atoms with Gasteiger partial charge in [-0.3, -0.25) is 0 Å². The summed E-state index contributed by atoms with van der Waals surface area (Å²) in [7, 11) is 0. The van der Waals surface area contributed by atoms with E-state index >= 15 is 0 Å². The number of hydrogen-bond acceptors (Lipinski definition) is 2. The molecule has 1 saturated heterocycles. The lowest BCUT2D eigenvalue weighted by molar-refractivity contribution is -0.168. The van der Waals surface area contributed by atoms with Gasteiger partial charge in [-0.1, -0.05) is 29.3 Å². The van der Waals surface area contributed by atoms with E-state index in [1.54, 1.807) is 0 Å². The van der Waals surface area contributed by atoms with E-state index in [9.17, 15) is 0 Å². The van der Waals surface area contributed by atoms with E-state index in [2.05, 4.69) is 0 Å². The van der Waals surface area contributed by atoms with Crippen molar-refractivity contribution in [1.29, 1.82) is 0 Å². The Labute approximate surface area is 117 Å². The maximum atomic E-state index is 6.25. The molecule has 1 aliphatic heterocycles. The van der Waals surface area contributed by atoms with Gasteiger partial charge >= 0.3 is 0 Å². The van der Waals surface area contributed by atoms with E-state index in [0.717, 1.165) is 31.2 Å². The predicted molar refractivity (Wildman–Crippen MR) is 72.0 cm³/mol. The normalized spacial score (nSPS) is 30.2. The van der Waals surface area contributed by atoms with Crippen LogP contribution >= 0.6 is 23.2 Å². The van der Waals surface area contributed by atoms with Gasteiger partial charge in [-0.05, 0) is 31.9 Å². The second-order valence-electron chi connectivity index (χ2n) is 5.11. The number of rotatable bonds is 1. The Morgan fingerprint density at radius 3 is 2.33 bits per heavy atom. The monoisotopic (exact) mass is 286 g/mol. The van der Waals surface area contributed by atoms with Crippen LogP contribution in [0.25, 0.3) is 0 Å². The van der Waals surface area contributed by atoms with Crippen molar-refractivity contribution in [2.24, 2.45) is 0 Å². The minimum atomic E-state index is -0.396. The minimum absolute atomic E-state index is 0.0134. The van der Waals surface area contributed by atoms with Crippen molar-refractivity contribution in [3.05, 3.63) is 33.8 Å². The lowest BCUT2D eigenvalue weighted by Gasteiger charge is -2.22. The van der Waals surface area contributed by atoms with E-state index in [4.69, 9.17) is 32.7 Å². The lowest BCUT2D eigenvalue weighted by Crippen LogP contribution is -2.26. The van der Waals surface area contributed by atoms with Crippen LogP contribution in [0.2, 0.25) is 10.0 Å². The smallest absolute Gasteiger partial charge is 0.169 e. The second-order valence-corrected chi connectivity index (χ2v) is 5.93. The molecule has 1 spiro atoms. The molecule has 2 atom stereocenters. The first-order valence-corrected chi connectivity index (χ1v) is 7.16. The van der Waals surface area contributed by atoms with Crippen LogP contribution in [0.4, 0.5) is 0 Å². The van der Waals surface area contributed by atoms with Crippen molar-refractivity contribution >= 4 is 23.2 Å². The van der Waals surface area contributed by atoms with Crippen molar-refractivity contribution in [3.63, 3.8) is 0 Å². The Kier molecular flexibility index (Phi) is 3.31. The predicted octanol–water partition coefficient (Wildman–Crippen LogP) is 4.74. The first-order chi connectivity index (χ1) is 8.61. The van der Waals surface area contributed by atoms with Gasteiger partial charge in [-0.2, -0.15) is 0 Å². The van der Waals surface area contributed by atoms with Crippen LogP contribution in [0.3, 0.4) is 0 Å². The van der Waals surface area contributed by atoms with Gasteiger partial charge in [0.15, 0.2) is 5.79 Å². The highest BCUT2D eigenvalue weighted by Crippen LogP contribution is 2.49. The highest BCUT2D eigenvalue weighted by molar-refractivity contribution is 6.36. The van der Waals surface area contributed by atoms with Gasteiger partial charge in [-0.25, -0.2) is 0 Å². The standard InChI is InChI=1S/C14H16Cl2O2/c1-9-13(12-10(15)5-4-6-11(12)16)18-14(17-9)7-2-3-8-14/h4-6,9,13H,2-3,7-8H2,1H3/t9-,13+/m1/s1. The van der Waals surface area contributed by atoms with Gasteiger partial charge in [0.25, 0.3) is 0 Å². The third kappa shape index (κ3) is 2.05. The molecule has 18 heavy (non-hydrogen) atoms. The number of ether oxygens (including phenoxy) is 2. The highest BCUT2D eigenvalue weighted by Gasteiger charge is 2.48. The zero-order chi connectivity index (χ0) is 12.8. The molecule has 0 amide bonds. The van der Waals surface area contributed by atoms with E-state index in [0.29, 0.717) is 10.0 Å². The first kappa shape index (κ1) is 12.7. The summed E-state index contributed by atoms with van der Waals surface area (Å²) in [6, 6.07) is 5.54. The summed E-state index contributed by atoms with van der Waals surface area (Å²) in [5.74, 6) is -0.396. The molecule has 3 rings (SSSR count). The maximum Gasteiger partial charge on any atom is 0.169 e. The van der Waals surface area contributed by atoms with Crippen molar-refractivity contribution in [1.82, 2.24) is 0 Å². The Bertz CT molecular complexity index is 435. The zero-order valence-electron chi connectivity index (χ0n) is 10.3. The molecule has 0 bridgehead atoms. The minimum Gasteiger partial charge on any atom is -0.344 e. The van der Waals surface area contributed by atoms with Crippen molar-refractivity contribution in [2.75, 3.05) is 0 Å². The molecule has 0 N–H and O–H groups in total. The quantitative estimate of drug-likeness (QED) is 0.742. The first-order valence-electron chi connectivity index (χ1n) is 6.41. The van der Waals surface area contributed by atoms with Crippen LogP contribution < -0.4 is 0 Å². The van der Waals surface area contributed by atoms with E-state index in [1.165, 1.54) is 0 Å². The maximum absolute atomic E-state index is 6.25. The number of hydrogen-bond donors (Lipinski definition) is 0. The molecule has 1 heterocycles. The summed E-state index contributed by atoms with van der Waals surface area (Å²) >= 11 is 12.5. The van der Waals surface area contributed by atoms with Gasteiger partial charge in [0.1, 0.15) is 6.10 Å². The molecule has 98 valence electrons. The molecule has 0 aromatic heterocycles. The third-order valence-corrected chi connectivity index (χ3v) is 4.48. The van der Waals surface area contributed by atoms with Gasteiger partial charge in [0.05, 0.1) is 6.10 Å². The Hall–Kier alpha value is -0.280. The molecule has 0 radical (unpaired) electrons. The molecule has 2 nitrogen and oxygen atoms in total. The SMILES string of the molecule is C[C@H]1OC2(CCCC2)O[C@@H]1c1c(Cl)cccc1Cl. The fourth-order valence-electron chi connectivity index (χ4n) is 2.98. The van der Waals surface area contributed by atoms with Crippen LogP contribution in [0.15, 0.2) is 18.2 Å². The molecular weight excluding hydrogens is 271 g/mol. The molecule has 4 heteroatoms. The third-order valence-electron chi connectivity index (χ3n) is 3.82. The van der Waals surface area contributed by atoms with Crippen LogP contribution in [0.5, 0.6) is 0 Å². The Balaban J connectivity index is 1.93. The Morgan fingerprint density at radius 2 is 1.72 bits per heavy atom. The van der Waals surface area contributed by atoms with Crippen LogP contribution in [-0.4, -0.2) is 11.9 Å². The molecule has 0 unspecified atom stereocenters. The summed E-state index contributed by atoms with van der Waals surface area (Å²) < 4.78 is 12.2. The fraction of sp³-hybridized carbons (Fsp3) is 0.571. The molecule has 1 saturated carbocycles. The molecule has 2 fully saturated rings. The molecule has 1 aromatic rings. The van der Waals surface area contributed by atoms with Crippen LogP contribution in [0, 0.1) is 0 Å². The zero-order valence-corrected chi connectivity index (χ0v) is 11.8. The summed E-state index contributed by atoms with van der Waals surface area (Å²) in [5.41, 5.74) is 0.858. The van der Waals surface area contributed by atoms with Crippen molar-refractivity contribution < 1.29 is 9.47 Å². The summed E-state index contributed by atoms with van der Waals surface area (Å²) in [6.07, 6.45) is 4.09. The molecule has 1 aliphatic carbocycles. The van der Waals surface area contributed by atoms with Gasteiger partial charge < -0.3 is 9.47 Å². The van der Waals surface area contributed by atoms with Gasteiger partial charge in [0.2, 0.25) is 0 Å². The van der Waals surface area contributed by atoms with Gasteiger partial charge in [0, 0.05) is 28.5 Å². The van der Waals surface area contributed by atoms with Crippen molar-refractivity contribution in [2.45, 2.75) is 50.6 Å². The summed E-state index contributed by atoms with van der Waals surface area (Å²) in [5, 5.41) is 1.30. The van der Waals surface area contributed by atoms with E-state index in [-0.39, 0.29) is 12.2 Å². The largest absolute Gasteiger partial charge is 0.344 e. The van der Waals surface area contributed by atoms with Gasteiger partial charge in [-0.15, -0.1) is 0 Å². The topological polar surface area (TPSA) is 18.5 Å². The second kappa shape index (κ2) is 4.68. The van der Waals surface area contributed by atoms with E-state index < -0.39 is 5.79 Å². The highest BCUT2D eigenvalue weighted by atomic mass is 35.5. The van der Waals surface area contributed by atoms with Crippen molar-refractivity contribution in [3.8, 4) is 0 Å². The molecule has 1 aromatic carbocycles. The van der Waals surface area contributed by atoms with Crippen LogP contribution in [-0.2, 0) is 9.47 Å². The number of benzene rings is 1. The summed E-state index contributed by atoms with van der Waals surface area (Å²) in [6.45, 7) is 2.03. The fourth-order valence-corrected chi connectivity index (χ4v) is 3.59. The van der Waals surface area contributed by atoms with E-state index in [1.807, 2.05) is 25.1 Å². The molecular formula is C14H16Cl2O2. The van der Waals surface area contributed by atoms with Crippen LogP contribution in [0.1, 0.15) is 44.3 Å². The molecule has 2 aliphatic rings. The lowest BCUT2D eigenvalue weighted by atomic mass is 10.1. The number of halogens is 2. The average Bonchev–Trinajstić information content (AvgIpc) is 2.88.